The van der Waals surface area contributed by atoms with Crippen LogP contribution in [0.5, 0.6) is 0 Å². The van der Waals surface area contributed by atoms with Crippen LogP contribution in [0.1, 0.15) is 28.9 Å². The lowest BCUT2D eigenvalue weighted by Gasteiger charge is -2.34. The van der Waals surface area contributed by atoms with Gasteiger partial charge in [-0.3, -0.25) is 9.69 Å². The van der Waals surface area contributed by atoms with Crippen LogP contribution in [0.25, 0.3) is 6.08 Å². The van der Waals surface area contributed by atoms with Crippen LogP contribution < -0.4 is 10.2 Å². The van der Waals surface area contributed by atoms with Crippen molar-refractivity contribution < 1.29 is 4.79 Å². The van der Waals surface area contributed by atoms with E-state index in [2.05, 4.69) is 61.5 Å². The molecule has 6 nitrogen and oxygen atoms in total. The number of nitrogens with zero attached hydrogens (tertiary/aromatic N) is 4. The number of amides is 1. The molecule has 2 heterocycles. The van der Waals surface area contributed by atoms with Gasteiger partial charge in [0.25, 0.3) is 5.91 Å². The first kappa shape index (κ1) is 17.7. The van der Waals surface area contributed by atoms with Crippen LogP contribution in [-0.2, 0) is 0 Å². The summed E-state index contributed by atoms with van der Waals surface area (Å²) in [6, 6.07) is 12.4. The first-order valence-electron chi connectivity index (χ1n) is 9.61. The summed E-state index contributed by atoms with van der Waals surface area (Å²) in [5.41, 5.74) is 1.69. The number of nitrogens with one attached hydrogen (secondary N) is 1. The van der Waals surface area contributed by atoms with Gasteiger partial charge in [-0.25, -0.2) is 9.97 Å². The van der Waals surface area contributed by atoms with Gasteiger partial charge < -0.3 is 10.2 Å². The van der Waals surface area contributed by atoms with Gasteiger partial charge in [0.1, 0.15) is 5.69 Å². The Labute approximate surface area is 159 Å². The monoisotopic (exact) mass is 363 g/mol. The van der Waals surface area contributed by atoms with Gasteiger partial charge in [0.2, 0.25) is 5.95 Å². The van der Waals surface area contributed by atoms with E-state index in [4.69, 9.17) is 0 Å². The minimum absolute atomic E-state index is 0.0918. The summed E-state index contributed by atoms with van der Waals surface area (Å²) in [5, 5.41) is 2.98. The highest BCUT2D eigenvalue weighted by Gasteiger charge is 2.25. The van der Waals surface area contributed by atoms with E-state index >= 15 is 0 Å². The van der Waals surface area contributed by atoms with Crippen LogP contribution >= 0.6 is 0 Å². The zero-order valence-corrected chi connectivity index (χ0v) is 15.4. The lowest BCUT2D eigenvalue weighted by Crippen LogP contribution is -2.47. The van der Waals surface area contributed by atoms with Crippen LogP contribution in [0.15, 0.2) is 48.7 Å². The summed E-state index contributed by atoms with van der Waals surface area (Å²) in [6.07, 6.45) is 8.20. The van der Waals surface area contributed by atoms with Gasteiger partial charge in [-0.1, -0.05) is 42.5 Å². The Morgan fingerprint density at radius 2 is 1.89 bits per heavy atom. The van der Waals surface area contributed by atoms with Crippen molar-refractivity contribution in [3.05, 3.63) is 59.9 Å². The summed E-state index contributed by atoms with van der Waals surface area (Å²) in [6.45, 7) is 4.59. The van der Waals surface area contributed by atoms with Crippen molar-refractivity contribution in [1.29, 1.82) is 0 Å². The van der Waals surface area contributed by atoms with Crippen molar-refractivity contribution >= 4 is 17.9 Å². The molecule has 0 unspecified atom stereocenters. The van der Waals surface area contributed by atoms with Crippen molar-refractivity contribution in [2.24, 2.45) is 0 Å². The van der Waals surface area contributed by atoms with E-state index in [0.717, 1.165) is 45.6 Å². The molecule has 0 spiro atoms. The minimum atomic E-state index is -0.0918. The second-order valence-electron chi connectivity index (χ2n) is 7.09. The molecule has 1 aromatic carbocycles. The second kappa shape index (κ2) is 8.31. The highest BCUT2D eigenvalue weighted by atomic mass is 16.2. The molecule has 1 aromatic heterocycles. The number of benzene rings is 1. The fourth-order valence-electron chi connectivity index (χ4n) is 3.15. The molecule has 0 bridgehead atoms. The number of hydrogen-bond acceptors (Lipinski definition) is 5. The van der Waals surface area contributed by atoms with Gasteiger partial charge in [-0.05, 0) is 24.5 Å². The topological polar surface area (TPSA) is 61.4 Å². The Kier molecular flexibility index (Phi) is 5.44. The molecule has 140 valence electrons. The van der Waals surface area contributed by atoms with E-state index in [0.29, 0.717) is 17.7 Å². The van der Waals surface area contributed by atoms with Crippen molar-refractivity contribution in [1.82, 2.24) is 20.2 Å². The zero-order chi connectivity index (χ0) is 18.5. The van der Waals surface area contributed by atoms with Gasteiger partial charge in [0.05, 0.1) is 0 Å². The average molecular weight is 363 g/mol. The van der Waals surface area contributed by atoms with Crippen molar-refractivity contribution in [2.45, 2.75) is 18.9 Å². The maximum atomic E-state index is 12.2. The number of carbonyl (C=O) groups excluding carboxylic acids is 1. The van der Waals surface area contributed by atoms with Gasteiger partial charge in [0.15, 0.2) is 0 Å². The van der Waals surface area contributed by atoms with Gasteiger partial charge in [0, 0.05) is 45.0 Å². The Bertz CT molecular complexity index is 795. The maximum absolute atomic E-state index is 12.2. The van der Waals surface area contributed by atoms with Crippen LogP contribution in [-0.4, -0.2) is 59.5 Å². The largest absolute Gasteiger partial charge is 0.348 e. The third-order valence-corrected chi connectivity index (χ3v) is 4.92. The van der Waals surface area contributed by atoms with Crippen molar-refractivity contribution in [3.8, 4) is 0 Å². The van der Waals surface area contributed by atoms with Crippen LogP contribution in [0, 0.1) is 0 Å². The van der Waals surface area contributed by atoms with E-state index in [1.807, 2.05) is 6.07 Å². The lowest BCUT2D eigenvalue weighted by atomic mass is 10.2. The molecule has 6 heteroatoms. The molecule has 2 fully saturated rings. The summed E-state index contributed by atoms with van der Waals surface area (Å²) >= 11 is 0. The Morgan fingerprint density at radius 1 is 1.11 bits per heavy atom. The first-order chi connectivity index (χ1) is 13.3. The molecule has 1 N–H and O–H groups in total. The number of carbonyl (C=O) groups is 1. The van der Waals surface area contributed by atoms with Gasteiger partial charge in [-0.15, -0.1) is 0 Å². The first-order valence-corrected chi connectivity index (χ1v) is 9.61. The molecule has 1 aliphatic carbocycles. The smallest absolute Gasteiger partial charge is 0.270 e. The zero-order valence-electron chi connectivity index (χ0n) is 15.4. The quantitative estimate of drug-likeness (QED) is 0.853. The SMILES string of the molecule is O=C(NC1CC1)c1ccnc(N2CCN(C/C=C/c3ccccc3)CC2)n1. The van der Waals surface area contributed by atoms with Crippen molar-refractivity contribution in [2.75, 3.05) is 37.6 Å². The Morgan fingerprint density at radius 3 is 2.63 bits per heavy atom. The van der Waals surface area contributed by atoms with E-state index in [1.165, 1.54) is 5.56 Å². The summed E-state index contributed by atoms with van der Waals surface area (Å²) < 4.78 is 0. The van der Waals surface area contributed by atoms with Crippen LogP contribution in [0.2, 0.25) is 0 Å². The fraction of sp³-hybridized carbons (Fsp3) is 0.381. The molecule has 0 atom stereocenters. The van der Waals surface area contributed by atoms with E-state index < -0.39 is 0 Å². The maximum Gasteiger partial charge on any atom is 0.270 e. The highest BCUT2D eigenvalue weighted by Crippen LogP contribution is 2.19. The normalized spacial score (nSPS) is 18.0. The number of rotatable bonds is 6. The third-order valence-electron chi connectivity index (χ3n) is 4.92. The fourth-order valence-corrected chi connectivity index (χ4v) is 3.15. The average Bonchev–Trinajstić information content (AvgIpc) is 3.53. The highest BCUT2D eigenvalue weighted by molar-refractivity contribution is 5.92. The molecule has 1 saturated carbocycles. The minimum Gasteiger partial charge on any atom is -0.348 e. The standard InChI is InChI=1S/C21H25N5O/c27-20(23-18-8-9-18)19-10-11-22-21(24-19)26-15-13-25(14-16-26)12-4-7-17-5-2-1-3-6-17/h1-7,10-11,18H,8-9,12-16H2,(H,23,27)/b7-4+. The lowest BCUT2D eigenvalue weighted by molar-refractivity contribution is 0.0946. The Hall–Kier alpha value is -2.73. The van der Waals surface area contributed by atoms with Crippen LogP contribution in [0.4, 0.5) is 5.95 Å². The molecule has 27 heavy (non-hydrogen) atoms. The van der Waals surface area contributed by atoms with Crippen LogP contribution in [0.3, 0.4) is 0 Å². The molecule has 1 aliphatic heterocycles. The third kappa shape index (κ3) is 4.92. The number of piperazine rings is 1. The Balaban J connectivity index is 1.28. The van der Waals surface area contributed by atoms with Gasteiger partial charge >= 0.3 is 0 Å². The molecule has 2 aromatic rings. The molecular weight excluding hydrogens is 338 g/mol. The van der Waals surface area contributed by atoms with E-state index in [-0.39, 0.29) is 5.91 Å². The summed E-state index contributed by atoms with van der Waals surface area (Å²) in [7, 11) is 0. The predicted octanol–water partition coefficient (Wildman–Crippen LogP) is 2.20. The molecule has 0 radical (unpaired) electrons. The number of hydrogen-bond donors (Lipinski definition) is 1. The molecule has 1 saturated heterocycles. The predicted molar refractivity (Wildman–Crippen MR) is 107 cm³/mol. The van der Waals surface area contributed by atoms with Crippen molar-refractivity contribution in [3.63, 3.8) is 0 Å². The number of anilines is 1. The van der Waals surface area contributed by atoms with Gasteiger partial charge in [-0.2, -0.15) is 0 Å². The van der Waals surface area contributed by atoms with E-state index in [1.54, 1.807) is 12.3 Å². The molecule has 1 amide bonds. The second-order valence-corrected chi connectivity index (χ2v) is 7.09. The summed E-state index contributed by atoms with van der Waals surface area (Å²) in [5.74, 6) is 0.559. The molecular formula is C21H25N5O. The summed E-state index contributed by atoms with van der Waals surface area (Å²) in [4.78, 5) is 25.6. The molecule has 2 aliphatic rings. The van der Waals surface area contributed by atoms with E-state index in [9.17, 15) is 4.79 Å². The molecule has 4 rings (SSSR count). The number of aromatic nitrogens is 2.